The first-order valence-corrected chi connectivity index (χ1v) is 4.70. The van der Waals surface area contributed by atoms with Crippen LogP contribution in [0.4, 0.5) is 0 Å². The summed E-state index contributed by atoms with van der Waals surface area (Å²) in [6.45, 7) is 4.41. The molecule has 13 heavy (non-hydrogen) atoms. The van der Waals surface area contributed by atoms with Crippen molar-refractivity contribution in [1.29, 1.82) is 0 Å². The van der Waals surface area contributed by atoms with E-state index in [1.807, 2.05) is 0 Å². The lowest BCUT2D eigenvalue weighted by molar-refractivity contribution is 0.326. The van der Waals surface area contributed by atoms with Gasteiger partial charge in [-0.3, -0.25) is 0 Å². The average Bonchev–Trinajstić information content (AvgIpc) is 1.93. The van der Waals surface area contributed by atoms with Gasteiger partial charge in [0.25, 0.3) is 0 Å². The van der Waals surface area contributed by atoms with Gasteiger partial charge in [-0.05, 0) is 25.7 Å². The first-order valence-electron chi connectivity index (χ1n) is 4.70. The van der Waals surface area contributed by atoms with E-state index in [1.54, 1.807) is 0 Å². The molecule has 0 unspecified atom stereocenters. The Hall–Kier alpha value is 0.500. The second-order valence-corrected chi connectivity index (χ2v) is 3.93. The van der Waals surface area contributed by atoms with Crippen LogP contribution in [-0.4, -0.2) is 18.1 Å². The van der Waals surface area contributed by atoms with Gasteiger partial charge in [-0.25, -0.2) is 0 Å². The van der Waals surface area contributed by atoms with E-state index in [1.165, 1.54) is 25.7 Å². The molecule has 2 nitrogen and oxygen atoms in total. The molecule has 0 radical (unpaired) electrons. The van der Waals surface area contributed by atoms with E-state index in [9.17, 15) is 0 Å². The smallest absolute Gasteiger partial charge is 0.00705 e. The second kappa shape index (κ2) is 7.86. The number of rotatable bonds is 2. The van der Waals surface area contributed by atoms with Gasteiger partial charge in [-0.1, -0.05) is 13.8 Å². The summed E-state index contributed by atoms with van der Waals surface area (Å²) in [7, 11) is 0. The largest absolute Gasteiger partial charge is 0.328 e. The van der Waals surface area contributed by atoms with Gasteiger partial charge in [-0.15, -0.1) is 24.8 Å². The van der Waals surface area contributed by atoms with Crippen LogP contribution in [-0.2, 0) is 0 Å². The Labute approximate surface area is 93.8 Å². The SMILES string of the molecule is CC(C)NC1CCC(N)CC1.Cl.Cl. The van der Waals surface area contributed by atoms with Crippen LogP contribution in [0.15, 0.2) is 0 Å². The molecule has 4 heteroatoms. The quantitative estimate of drug-likeness (QED) is 0.761. The van der Waals surface area contributed by atoms with Gasteiger partial charge < -0.3 is 11.1 Å². The molecular weight excluding hydrogens is 207 g/mol. The first kappa shape index (κ1) is 15.9. The maximum absolute atomic E-state index is 5.80. The van der Waals surface area contributed by atoms with E-state index in [0.29, 0.717) is 12.1 Å². The van der Waals surface area contributed by atoms with Crippen molar-refractivity contribution in [3.05, 3.63) is 0 Å². The van der Waals surface area contributed by atoms with E-state index >= 15 is 0 Å². The van der Waals surface area contributed by atoms with Crippen LogP contribution >= 0.6 is 24.8 Å². The van der Waals surface area contributed by atoms with Crippen molar-refractivity contribution in [1.82, 2.24) is 5.32 Å². The normalized spacial score (nSPS) is 27.7. The van der Waals surface area contributed by atoms with Crippen molar-refractivity contribution in [2.75, 3.05) is 0 Å². The molecule has 1 aliphatic carbocycles. The Balaban J connectivity index is 0. The summed E-state index contributed by atoms with van der Waals surface area (Å²) in [5, 5.41) is 3.55. The highest BCUT2D eigenvalue weighted by Crippen LogP contribution is 2.17. The fourth-order valence-corrected chi connectivity index (χ4v) is 1.76. The van der Waals surface area contributed by atoms with Crippen LogP contribution in [0.1, 0.15) is 39.5 Å². The third kappa shape index (κ3) is 6.55. The summed E-state index contributed by atoms with van der Waals surface area (Å²) >= 11 is 0. The van der Waals surface area contributed by atoms with Crippen molar-refractivity contribution in [3.8, 4) is 0 Å². The lowest BCUT2D eigenvalue weighted by atomic mass is 9.91. The topological polar surface area (TPSA) is 38.0 Å². The third-order valence-corrected chi connectivity index (χ3v) is 2.34. The van der Waals surface area contributed by atoms with Crippen LogP contribution in [0, 0.1) is 0 Å². The zero-order valence-corrected chi connectivity index (χ0v) is 10.1. The summed E-state index contributed by atoms with van der Waals surface area (Å²) in [6, 6.07) is 1.82. The summed E-state index contributed by atoms with van der Waals surface area (Å²) in [5.41, 5.74) is 5.80. The van der Waals surface area contributed by atoms with Crippen LogP contribution in [0.3, 0.4) is 0 Å². The predicted molar refractivity (Wildman–Crippen MR) is 63.0 cm³/mol. The van der Waals surface area contributed by atoms with Crippen molar-refractivity contribution >= 4 is 24.8 Å². The number of nitrogens with one attached hydrogen (secondary N) is 1. The van der Waals surface area contributed by atoms with Crippen molar-refractivity contribution in [2.24, 2.45) is 5.73 Å². The highest BCUT2D eigenvalue weighted by Gasteiger charge is 2.18. The van der Waals surface area contributed by atoms with E-state index in [2.05, 4.69) is 19.2 Å². The fourth-order valence-electron chi connectivity index (χ4n) is 1.76. The summed E-state index contributed by atoms with van der Waals surface area (Å²) in [4.78, 5) is 0. The number of hydrogen-bond donors (Lipinski definition) is 2. The lowest BCUT2D eigenvalue weighted by Gasteiger charge is -2.28. The molecule has 1 rings (SSSR count). The highest BCUT2D eigenvalue weighted by molar-refractivity contribution is 5.85. The molecule has 3 N–H and O–H groups in total. The predicted octanol–water partition coefficient (Wildman–Crippen LogP) is 2.10. The Morgan fingerprint density at radius 1 is 1.08 bits per heavy atom. The monoisotopic (exact) mass is 228 g/mol. The van der Waals surface area contributed by atoms with Crippen LogP contribution in [0.25, 0.3) is 0 Å². The summed E-state index contributed by atoms with van der Waals surface area (Å²) < 4.78 is 0. The molecule has 0 spiro atoms. The van der Waals surface area contributed by atoms with Gasteiger partial charge in [0.15, 0.2) is 0 Å². The lowest BCUT2D eigenvalue weighted by Crippen LogP contribution is -2.40. The molecule has 0 aliphatic heterocycles. The molecule has 0 aromatic carbocycles. The molecule has 0 amide bonds. The van der Waals surface area contributed by atoms with Crippen LogP contribution < -0.4 is 11.1 Å². The first-order chi connectivity index (χ1) is 5.18. The van der Waals surface area contributed by atoms with E-state index in [-0.39, 0.29) is 24.8 Å². The van der Waals surface area contributed by atoms with Crippen molar-refractivity contribution in [2.45, 2.75) is 57.7 Å². The Kier molecular flexibility index (Phi) is 9.65. The molecule has 0 aromatic rings. The standard InChI is InChI=1S/C9H20N2.2ClH/c1-7(2)11-9-5-3-8(10)4-6-9;;/h7-9,11H,3-6,10H2,1-2H3;2*1H. The maximum Gasteiger partial charge on any atom is 0.00705 e. The molecule has 1 fully saturated rings. The van der Waals surface area contributed by atoms with Gasteiger partial charge in [0, 0.05) is 18.1 Å². The van der Waals surface area contributed by atoms with E-state index in [4.69, 9.17) is 5.73 Å². The molecular formula is C9H22Cl2N2. The molecule has 0 atom stereocenters. The Morgan fingerprint density at radius 3 is 1.92 bits per heavy atom. The number of hydrogen-bond acceptors (Lipinski definition) is 2. The number of nitrogens with two attached hydrogens (primary N) is 1. The van der Waals surface area contributed by atoms with Gasteiger partial charge in [0.05, 0.1) is 0 Å². The minimum atomic E-state index is 0. The average molecular weight is 229 g/mol. The Bertz CT molecular complexity index is 112. The summed E-state index contributed by atoms with van der Waals surface area (Å²) in [5.74, 6) is 0. The minimum absolute atomic E-state index is 0. The molecule has 0 aromatic heterocycles. The van der Waals surface area contributed by atoms with Crippen LogP contribution in [0.5, 0.6) is 0 Å². The van der Waals surface area contributed by atoms with Crippen LogP contribution in [0.2, 0.25) is 0 Å². The van der Waals surface area contributed by atoms with Gasteiger partial charge >= 0.3 is 0 Å². The number of halogens is 2. The molecule has 82 valence electrons. The highest BCUT2D eigenvalue weighted by atomic mass is 35.5. The minimum Gasteiger partial charge on any atom is -0.328 e. The van der Waals surface area contributed by atoms with Crippen molar-refractivity contribution < 1.29 is 0 Å². The Morgan fingerprint density at radius 2 is 1.54 bits per heavy atom. The zero-order valence-electron chi connectivity index (χ0n) is 8.45. The third-order valence-electron chi connectivity index (χ3n) is 2.34. The van der Waals surface area contributed by atoms with Crippen molar-refractivity contribution in [3.63, 3.8) is 0 Å². The zero-order chi connectivity index (χ0) is 8.27. The summed E-state index contributed by atoms with van der Waals surface area (Å²) in [6.07, 6.45) is 4.92. The molecule has 1 saturated carbocycles. The molecule has 0 saturated heterocycles. The van der Waals surface area contributed by atoms with Gasteiger partial charge in [0.2, 0.25) is 0 Å². The van der Waals surface area contributed by atoms with E-state index in [0.717, 1.165) is 6.04 Å². The second-order valence-electron chi connectivity index (χ2n) is 3.93. The van der Waals surface area contributed by atoms with Gasteiger partial charge in [-0.2, -0.15) is 0 Å². The molecule has 0 heterocycles. The molecule has 0 bridgehead atoms. The molecule has 1 aliphatic rings. The van der Waals surface area contributed by atoms with E-state index < -0.39 is 0 Å². The fraction of sp³-hybridized carbons (Fsp3) is 1.00. The maximum atomic E-state index is 5.80. The van der Waals surface area contributed by atoms with Gasteiger partial charge in [0.1, 0.15) is 0 Å².